The second-order valence-corrected chi connectivity index (χ2v) is 4.40. The molecule has 18 heavy (non-hydrogen) atoms. The van der Waals surface area contributed by atoms with Gasteiger partial charge in [0, 0.05) is 7.05 Å². The number of ether oxygens (including phenoxy) is 1. The lowest BCUT2D eigenvalue weighted by Gasteiger charge is -2.32. The highest BCUT2D eigenvalue weighted by molar-refractivity contribution is 6.05. The van der Waals surface area contributed by atoms with Crippen LogP contribution in [0.25, 0.3) is 0 Å². The predicted molar refractivity (Wildman–Crippen MR) is 67.7 cm³/mol. The Morgan fingerprint density at radius 1 is 1.17 bits per heavy atom. The third-order valence-corrected chi connectivity index (χ3v) is 3.02. The zero-order valence-corrected chi connectivity index (χ0v) is 10.8. The van der Waals surface area contributed by atoms with Gasteiger partial charge in [-0.25, -0.2) is 0 Å². The lowest BCUT2D eigenvalue weighted by Crippen LogP contribution is -2.52. The van der Waals surface area contributed by atoms with Gasteiger partial charge in [-0.3, -0.25) is 14.5 Å². The first-order valence-electron chi connectivity index (χ1n) is 5.72. The quantitative estimate of drug-likeness (QED) is 0.778. The van der Waals surface area contributed by atoms with Crippen molar-refractivity contribution in [2.75, 3.05) is 32.1 Å². The summed E-state index contributed by atoms with van der Waals surface area (Å²) < 4.78 is 5.25. The summed E-state index contributed by atoms with van der Waals surface area (Å²) in [6.45, 7) is 2.11. The number of likely N-dealkylation sites (N-methyl/N-ethyl adjacent to an activating group) is 1. The molecule has 0 saturated carbocycles. The number of methoxy groups -OCH3 is 1. The Hall–Kier alpha value is -2.04. The van der Waals surface area contributed by atoms with Crippen molar-refractivity contribution in [2.24, 2.45) is 0 Å². The Bertz CT molecular complexity index is 499. The zero-order chi connectivity index (χ0) is 13.3. The van der Waals surface area contributed by atoms with E-state index in [1.54, 1.807) is 20.2 Å². The molecule has 1 heterocycles. The number of hydrogen-bond acceptors (Lipinski definition) is 3. The predicted octanol–water partition coefficient (Wildman–Crippen LogP) is 0.809. The van der Waals surface area contributed by atoms with Gasteiger partial charge in [0.25, 0.3) is 0 Å². The minimum absolute atomic E-state index is 0.0646. The molecule has 0 radical (unpaired) electrons. The van der Waals surface area contributed by atoms with Crippen molar-refractivity contribution < 1.29 is 14.3 Å². The van der Waals surface area contributed by atoms with E-state index in [1.165, 1.54) is 9.80 Å². The maximum Gasteiger partial charge on any atom is 0.247 e. The van der Waals surface area contributed by atoms with Crippen molar-refractivity contribution in [3.8, 4) is 5.75 Å². The van der Waals surface area contributed by atoms with Crippen LogP contribution in [-0.4, -0.2) is 44.0 Å². The molecule has 1 fully saturated rings. The summed E-state index contributed by atoms with van der Waals surface area (Å²) in [6.07, 6.45) is 0. The Balaban J connectivity index is 2.38. The molecule has 1 aliphatic rings. The smallest absolute Gasteiger partial charge is 0.247 e. The maximum absolute atomic E-state index is 12.0. The van der Waals surface area contributed by atoms with Crippen LogP contribution in [0.1, 0.15) is 5.56 Å². The molecule has 2 amide bonds. The summed E-state index contributed by atoms with van der Waals surface area (Å²) in [7, 11) is 3.18. The van der Waals surface area contributed by atoms with Crippen molar-refractivity contribution in [3.05, 3.63) is 23.8 Å². The Kier molecular flexibility index (Phi) is 3.23. The number of benzene rings is 1. The van der Waals surface area contributed by atoms with Gasteiger partial charge in [-0.05, 0) is 24.6 Å². The van der Waals surface area contributed by atoms with Crippen LogP contribution in [-0.2, 0) is 9.59 Å². The van der Waals surface area contributed by atoms with Crippen LogP contribution in [0.3, 0.4) is 0 Å². The lowest BCUT2D eigenvalue weighted by molar-refractivity contribution is -0.136. The Morgan fingerprint density at radius 2 is 1.89 bits per heavy atom. The molecule has 1 aromatic rings. The highest BCUT2D eigenvalue weighted by Gasteiger charge is 2.30. The van der Waals surface area contributed by atoms with Crippen molar-refractivity contribution in [1.82, 2.24) is 4.90 Å². The number of carbonyl (C=O) groups excluding carboxylic acids is 2. The lowest BCUT2D eigenvalue weighted by atomic mass is 10.1. The maximum atomic E-state index is 12.0. The van der Waals surface area contributed by atoms with Gasteiger partial charge >= 0.3 is 0 Å². The van der Waals surface area contributed by atoms with Crippen LogP contribution in [0.4, 0.5) is 5.69 Å². The summed E-state index contributed by atoms with van der Waals surface area (Å²) in [4.78, 5) is 26.6. The molecule has 0 N–H and O–H groups in total. The van der Waals surface area contributed by atoms with E-state index in [4.69, 9.17) is 4.74 Å². The molecule has 5 nitrogen and oxygen atoms in total. The topological polar surface area (TPSA) is 49.9 Å². The number of hydrogen-bond donors (Lipinski definition) is 0. The number of aryl methyl sites for hydroxylation is 1. The first-order chi connectivity index (χ1) is 8.52. The molecule has 1 aliphatic heterocycles. The normalized spacial score (nSPS) is 16.2. The molecule has 2 rings (SSSR count). The number of amides is 2. The van der Waals surface area contributed by atoms with E-state index < -0.39 is 0 Å². The van der Waals surface area contributed by atoms with E-state index in [2.05, 4.69) is 0 Å². The second-order valence-electron chi connectivity index (χ2n) is 4.40. The number of anilines is 1. The van der Waals surface area contributed by atoms with Gasteiger partial charge in [0.2, 0.25) is 11.8 Å². The fourth-order valence-corrected chi connectivity index (χ4v) is 1.95. The molecular weight excluding hydrogens is 232 g/mol. The van der Waals surface area contributed by atoms with Crippen LogP contribution >= 0.6 is 0 Å². The molecule has 0 bridgehead atoms. The molecule has 96 valence electrons. The largest absolute Gasteiger partial charge is 0.495 e. The zero-order valence-electron chi connectivity index (χ0n) is 10.8. The molecule has 5 heteroatoms. The van der Waals surface area contributed by atoms with Crippen molar-refractivity contribution >= 4 is 17.5 Å². The van der Waals surface area contributed by atoms with E-state index in [9.17, 15) is 9.59 Å². The molecule has 0 spiro atoms. The van der Waals surface area contributed by atoms with Crippen molar-refractivity contribution in [1.29, 1.82) is 0 Å². The fraction of sp³-hybridized carbons (Fsp3) is 0.385. The standard InChI is InChI=1S/C13H16N2O3/c1-9-4-5-11(18-3)10(6-9)15-8-12(16)14(2)7-13(15)17/h4-6H,7-8H2,1-3H3. The highest BCUT2D eigenvalue weighted by Crippen LogP contribution is 2.30. The summed E-state index contributed by atoms with van der Waals surface area (Å²) in [5.41, 5.74) is 1.67. The van der Waals surface area contributed by atoms with Gasteiger partial charge in [0.1, 0.15) is 12.3 Å². The molecule has 1 aromatic carbocycles. The molecule has 0 aromatic heterocycles. The average Bonchev–Trinajstić information content (AvgIpc) is 2.34. The van der Waals surface area contributed by atoms with E-state index in [0.29, 0.717) is 11.4 Å². The minimum atomic E-state index is -0.0963. The molecule has 1 saturated heterocycles. The summed E-state index contributed by atoms with van der Waals surface area (Å²) in [5.74, 6) is 0.436. The molecule has 0 aliphatic carbocycles. The highest BCUT2D eigenvalue weighted by atomic mass is 16.5. The van der Waals surface area contributed by atoms with Gasteiger partial charge in [-0.15, -0.1) is 0 Å². The summed E-state index contributed by atoms with van der Waals surface area (Å²) >= 11 is 0. The van der Waals surface area contributed by atoms with Gasteiger partial charge < -0.3 is 9.64 Å². The van der Waals surface area contributed by atoms with Gasteiger partial charge in [0.15, 0.2) is 0 Å². The second kappa shape index (κ2) is 4.68. The third-order valence-electron chi connectivity index (χ3n) is 3.02. The third kappa shape index (κ3) is 2.16. The minimum Gasteiger partial charge on any atom is -0.495 e. The van der Waals surface area contributed by atoms with Crippen LogP contribution in [0.5, 0.6) is 5.75 Å². The summed E-state index contributed by atoms with van der Waals surface area (Å²) in [6, 6.07) is 5.57. The number of rotatable bonds is 2. The van der Waals surface area contributed by atoms with Crippen molar-refractivity contribution in [3.63, 3.8) is 0 Å². The van der Waals surface area contributed by atoms with Gasteiger partial charge in [-0.1, -0.05) is 6.07 Å². The van der Waals surface area contributed by atoms with Crippen molar-refractivity contribution in [2.45, 2.75) is 6.92 Å². The van der Waals surface area contributed by atoms with Crippen LogP contribution in [0.15, 0.2) is 18.2 Å². The number of piperazine rings is 1. The van der Waals surface area contributed by atoms with Crippen LogP contribution in [0, 0.1) is 6.92 Å². The Labute approximate surface area is 106 Å². The van der Waals surface area contributed by atoms with E-state index >= 15 is 0 Å². The molecule has 0 atom stereocenters. The fourth-order valence-electron chi connectivity index (χ4n) is 1.95. The van der Waals surface area contributed by atoms with Crippen LogP contribution in [0.2, 0.25) is 0 Å². The molecule has 0 unspecified atom stereocenters. The molecular formula is C13H16N2O3. The van der Waals surface area contributed by atoms with E-state index in [-0.39, 0.29) is 24.9 Å². The van der Waals surface area contributed by atoms with Gasteiger partial charge in [-0.2, -0.15) is 0 Å². The Morgan fingerprint density at radius 3 is 2.56 bits per heavy atom. The van der Waals surface area contributed by atoms with E-state index in [0.717, 1.165) is 5.56 Å². The monoisotopic (exact) mass is 248 g/mol. The SMILES string of the molecule is COc1ccc(C)cc1N1CC(=O)N(C)CC1=O. The first-order valence-corrected chi connectivity index (χ1v) is 5.72. The van der Waals surface area contributed by atoms with E-state index in [1.807, 2.05) is 19.1 Å². The number of carbonyl (C=O) groups is 2. The first kappa shape index (κ1) is 12.4. The number of nitrogens with zero attached hydrogens (tertiary/aromatic N) is 2. The average molecular weight is 248 g/mol. The van der Waals surface area contributed by atoms with Crippen LogP contribution < -0.4 is 9.64 Å². The summed E-state index contributed by atoms with van der Waals surface area (Å²) in [5, 5.41) is 0. The van der Waals surface area contributed by atoms with Gasteiger partial charge in [0.05, 0.1) is 19.3 Å².